The van der Waals surface area contributed by atoms with E-state index in [2.05, 4.69) is 0 Å². The largest absolute Gasteiger partial charge is 0.444 e. The Kier molecular flexibility index (Phi) is 5.35. The fraction of sp³-hybridized carbons (Fsp3) is 0.929. The number of likely N-dealkylation sites (tertiary alicyclic amines) is 1. The molecule has 6 heteroatoms. The van der Waals surface area contributed by atoms with E-state index >= 15 is 0 Å². The quantitative estimate of drug-likeness (QED) is 0.870. The van der Waals surface area contributed by atoms with Crippen LogP contribution in [0.25, 0.3) is 0 Å². The SMILES string of the molecule is CC(F)(F)CC1CCN(C(=O)OC(C)(C)C)CC1CN. The van der Waals surface area contributed by atoms with Gasteiger partial charge in [-0.3, -0.25) is 0 Å². The van der Waals surface area contributed by atoms with Gasteiger partial charge in [-0.15, -0.1) is 0 Å². The van der Waals surface area contributed by atoms with Crippen LogP contribution in [0, 0.1) is 11.8 Å². The van der Waals surface area contributed by atoms with Gasteiger partial charge in [-0.05, 0) is 52.5 Å². The average Bonchev–Trinajstić information content (AvgIpc) is 2.25. The Hall–Kier alpha value is -0.910. The number of alkyl halides is 2. The van der Waals surface area contributed by atoms with Crippen molar-refractivity contribution in [1.29, 1.82) is 0 Å². The number of amides is 1. The molecule has 1 rings (SSSR count). The second-order valence-corrected chi connectivity index (χ2v) is 6.75. The summed E-state index contributed by atoms with van der Waals surface area (Å²) in [7, 11) is 0. The molecule has 2 unspecified atom stereocenters. The summed E-state index contributed by atoms with van der Waals surface area (Å²) in [5, 5.41) is 0. The lowest BCUT2D eigenvalue weighted by Crippen LogP contribution is -2.48. The van der Waals surface area contributed by atoms with Crippen molar-refractivity contribution in [2.75, 3.05) is 19.6 Å². The standard InChI is InChI=1S/C14H26F2N2O2/c1-13(2,3)20-12(19)18-6-5-10(7-14(4,15)16)11(8-17)9-18/h10-11H,5-9,17H2,1-4H3. The van der Waals surface area contributed by atoms with Gasteiger partial charge in [0, 0.05) is 19.5 Å². The van der Waals surface area contributed by atoms with E-state index in [1.807, 2.05) is 0 Å². The lowest BCUT2D eigenvalue weighted by Gasteiger charge is -2.39. The van der Waals surface area contributed by atoms with Crippen LogP contribution in [-0.4, -0.2) is 42.2 Å². The molecule has 1 saturated heterocycles. The molecule has 0 bridgehead atoms. The minimum atomic E-state index is -2.69. The van der Waals surface area contributed by atoms with Crippen LogP contribution in [-0.2, 0) is 4.74 Å². The number of piperidine rings is 1. The Labute approximate surface area is 119 Å². The van der Waals surface area contributed by atoms with Gasteiger partial charge in [0.15, 0.2) is 0 Å². The summed E-state index contributed by atoms with van der Waals surface area (Å²) >= 11 is 0. The van der Waals surface area contributed by atoms with Crippen molar-refractivity contribution in [1.82, 2.24) is 4.90 Å². The van der Waals surface area contributed by atoms with Crippen molar-refractivity contribution >= 4 is 6.09 Å². The lowest BCUT2D eigenvalue weighted by molar-refractivity contribution is -0.0302. The first kappa shape index (κ1) is 17.1. The van der Waals surface area contributed by atoms with E-state index in [-0.39, 0.29) is 18.3 Å². The van der Waals surface area contributed by atoms with E-state index in [1.165, 1.54) is 0 Å². The highest BCUT2D eigenvalue weighted by atomic mass is 19.3. The normalized spacial score (nSPS) is 24.6. The van der Waals surface area contributed by atoms with Gasteiger partial charge >= 0.3 is 6.09 Å². The van der Waals surface area contributed by atoms with Gasteiger partial charge in [-0.2, -0.15) is 0 Å². The van der Waals surface area contributed by atoms with Gasteiger partial charge < -0.3 is 15.4 Å². The zero-order chi connectivity index (χ0) is 15.6. The number of hydrogen-bond acceptors (Lipinski definition) is 3. The minimum Gasteiger partial charge on any atom is -0.444 e. The number of carbonyl (C=O) groups excluding carboxylic acids is 1. The first-order valence-electron chi connectivity index (χ1n) is 7.07. The molecule has 20 heavy (non-hydrogen) atoms. The second kappa shape index (κ2) is 6.24. The van der Waals surface area contributed by atoms with E-state index in [4.69, 9.17) is 10.5 Å². The lowest BCUT2D eigenvalue weighted by atomic mass is 9.82. The summed E-state index contributed by atoms with van der Waals surface area (Å²) in [5.41, 5.74) is 5.13. The van der Waals surface area contributed by atoms with Crippen LogP contribution in [0.15, 0.2) is 0 Å². The van der Waals surface area contributed by atoms with Crippen molar-refractivity contribution < 1.29 is 18.3 Å². The number of rotatable bonds is 3. The summed E-state index contributed by atoms with van der Waals surface area (Å²) in [6, 6.07) is 0. The van der Waals surface area contributed by atoms with Gasteiger partial charge in [0.2, 0.25) is 5.92 Å². The van der Waals surface area contributed by atoms with Crippen LogP contribution in [0.2, 0.25) is 0 Å². The third-order valence-corrected chi connectivity index (χ3v) is 3.47. The highest BCUT2D eigenvalue weighted by Crippen LogP contribution is 2.33. The van der Waals surface area contributed by atoms with Crippen molar-refractivity contribution in [3.05, 3.63) is 0 Å². The summed E-state index contributed by atoms with van der Waals surface area (Å²) in [5.74, 6) is -2.92. The van der Waals surface area contributed by atoms with Gasteiger partial charge in [0.05, 0.1) is 0 Å². The summed E-state index contributed by atoms with van der Waals surface area (Å²) in [6.07, 6.45) is -0.0145. The molecule has 0 aliphatic carbocycles. The number of nitrogens with zero attached hydrogens (tertiary/aromatic N) is 1. The highest BCUT2D eigenvalue weighted by molar-refractivity contribution is 5.68. The Bertz CT molecular complexity index is 337. The van der Waals surface area contributed by atoms with Crippen LogP contribution in [0.4, 0.5) is 13.6 Å². The predicted octanol–water partition coefficient (Wildman–Crippen LogP) is 2.86. The molecule has 0 spiro atoms. The number of hydrogen-bond donors (Lipinski definition) is 1. The molecule has 1 amide bonds. The van der Waals surface area contributed by atoms with E-state index in [0.717, 1.165) is 6.92 Å². The van der Waals surface area contributed by atoms with E-state index in [0.29, 0.717) is 26.1 Å². The van der Waals surface area contributed by atoms with Crippen molar-refractivity contribution in [3.8, 4) is 0 Å². The molecular formula is C14H26F2N2O2. The van der Waals surface area contributed by atoms with E-state index in [1.54, 1.807) is 25.7 Å². The van der Waals surface area contributed by atoms with E-state index < -0.39 is 17.6 Å². The zero-order valence-electron chi connectivity index (χ0n) is 12.8. The van der Waals surface area contributed by atoms with Gasteiger partial charge in [-0.25, -0.2) is 13.6 Å². The molecule has 1 aliphatic rings. The number of carbonyl (C=O) groups is 1. The number of ether oxygens (including phenoxy) is 1. The third-order valence-electron chi connectivity index (χ3n) is 3.47. The van der Waals surface area contributed by atoms with Crippen LogP contribution in [0.1, 0.15) is 40.5 Å². The fourth-order valence-electron chi connectivity index (χ4n) is 2.57. The maximum Gasteiger partial charge on any atom is 0.410 e. The van der Waals surface area contributed by atoms with Crippen LogP contribution >= 0.6 is 0 Å². The topological polar surface area (TPSA) is 55.6 Å². The molecule has 2 atom stereocenters. The summed E-state index contributed by atoms with van der Waals surface area (Å²) in [4.78, 5) is 13.6. The molecule has 118 valence electrons. The Morgan fingerprint density at radius 2 is 1.90 bits per heavy atom. The van der Waals surface area contributed by atoms with Gasteiger partial charge in [0.1, 0.15) is 5.60 Å². The molecule has 1 heterocycles. The van der Waals surface area contributed by atoms with Crippen molar-refractivity contribution in [2.45, 2.75) is 52.1 Å². The molecule has 0 aromatic rings. The predicted molar refractivity (Wildman–Crippen MR) is 73.7 cm³/mol. The van der Waals surface area contributed by atoms with Crippen LogP contribution < -0.4 is 5.73 Å². The van der Waals surface area contributed by atoms with Crippen molar-refractivity contribution in [2.24, 2.45) is 17.6 Å². The number of nitrogens with two attached hydrogens (primary N) is 1. The number of halogens is 2. The minimum absolute atomic E-state index is 0.0953. The molecule has 1 aliphatic heterocycles. The first-order valence-corrected chi connectivity index (χ1v) is 7.07. The smallest absolute Gasteiger partial charge is 0.410 e. The Balaban J connectivity index is 2.61. The average molecular weight is 292 g/mol. The Morgan fingerprint density at radius 3 is 2.35 bits per heavy atom. The summed E-state index contributed by atoms with van der Waals surface area (Å²) in [6.45, 7) is 7.49. The second-order valence-electron chi connectivity index (χ2n) is 6.75. The molecule has 0 aromatic heterocycles. The maximum absolute atomic E-state index is 13.1. The highest BCUT2D eigenvalue weighted by Gasteiger charge is 2.37. The molecule has 0 aromatic carbocycles. The molecular weight excluding hydrogens is 266 g/mol. The van der Waals surface area contributed by atoms with Crippen LogP contribution in [0.3, 0.4) is 0 Å². The molecule has 0 saturated carbocycles. The molecule has 2 N–H and O–H groups in total. The monoisotopic (exact) mass is 292 g/mol. The fourth-order valence-corrected chi connectivity index (χ4v) is 2.57. The van der Waals surface area contributed by atoms with Gasteiger partial charge in [-0.1, -0.05) is 0 Å². The molecule has 4 nitrogen and oxygen atoms in total. The van der Waals surface area contributed by atoms with Crippen LogP contribution in [0.5, 0.6) is 0 Å². The zero-order valence-corrected chi connectivity index (χ0v) is 12.8. The third kappa shape index (κ3) is 5.61. The molecule has 0 radical (unpaired) electrons. The van der Waals surface area contributed by atoms with Gasteiger partial charge in [0.25, 0.3) is 0 Å². The maximum atomic E-state index is 13.1. The van der Waals surface area contributed by atoms with E-state index in [9.17, 15) is 13.6 Å². The summed E-state index contributed by atoms with van der Waals surface area (Å²) < 4.78 is 31.6. The first-order chi connectivity index (χ1) is 9.02. The van der Waals surface area contributed by atoms with Crippen molar-refractivity contribution in [3.63, 3.8) is 0 Å². The molecule has 1 fully saturated rings. The Morgan fingerprint density at radius 1 is 1.30 bits per heavy atom.